The first-order chi connectivity index (χ1) is 8.42. The molecule has 5 nitrogen and oxygen atoms in total. The molecule has 0 aliphatic rings. The number of nitrogens with one attached hydrogen (secondary N) is 1. The van der Waals surface area contributed by atoms with Gasteiger partial charge in [-0.3, -0.25) is 4.98 Å². The Morgan fingerprint density at radius 1 is 1.12 bits per heavy atom. The Kier molecular flexibility index (Phi) is 2.63. The van der Waals surface area contributed by atoms with Crippen LogP contribution in [0, 0.1) is 0 Å². The molecule has 0 fully saturated rings. The van der Waals surface area contributed by atoms with Gasteiger partial charge < -0.3 is 5.32 Å². The second-order valence-corrected chi connectivity index (χ2v) is 4.27. The topological polar surface area (TPSA) is 63.6 Å². The lowest BCUT2D eigenvalue weighted by Gasteiger charge is -2.03. The summed E-state index contributed by atoms with van der Waals surface area (Å²) in [5, 5.41) is 7.88. The lowest BCUT2D eigenvalue weighted by molar-refractivity contribution is 1.04. The van der Waals surface area contributed by atoms with Gasteiger partial charge in [0.25, 0.3) is 0 Å². The molecule has 0 unspecified atom stereocenters. The van der Waals surface area contributed by atoms with E-state index in [4.69, 9.17) is 0 Å². The average molecular weight is 243 g/mol. The molecule has 0 saturated heterocycles. The first-order valence-electron chi connectivity index (χ1n) is 5.14. The summed E-state index contributed by atoms with van der Waals surface area (Å²) in [5.74, 6) is 0. The molecule has 6 heteroatoms. The van der Waals surface area contributed by atoms with Crippen molar-refractivity contribution in [2.45, 2.75) is 6.54 Å². The Morgan fingerprint density at radius 3 is 2.82 bits per heavy atom. The molecule has 0 radical (unpaired) electrons. The number of benzene rings is 1. The minimum absolute atomic E-state index is 0.627. The van der Waals surface area contributed by atoms with Crippen LogP contribution in [0.5, 0.6) is 0 Å². The highest BCUT2D eigenvalue weighted by molar-refractivity contribution is 7.09. The van der Waals surface area contributed by atoms with Crippen molar-refractivity contribution in [1.82, 2.24) is 19.6 Å². The van der Waals surface area contributed by atoms with E-state index in [9.17, 15) is 0 Å². The second-order valence-electron chi connectivity index (χ2n) is 3.49. The largest absolute Gasteiger partial charge is 0.369 e. The first-order valence-corrected chi connectivity index (χ1v) is 5.91. The molecular weight excluding hydrogens is 234 g/mol. The molecule has 0 saturated carbocycles. The monoisotopic (exact) mass is 243 g/mol. The fourth-order valence-electron chi connectivity index (χ4n) is 1.50. The van der Waals surface area contributed by atoms with Gasteiger partial charge in [-0.05, 0) is 12.1 Å². The zero-order valence-corrected chi connectivity index (χ0v) is 9.68. The van der Waals surface area contributed by atoms with Gasteiger partial charge in [0.2, 0.25) is 0 Å². The third-order valence-electron chi connectivity index (χ3n) is 2.30. The van der Waals surface area contributed by atoms with E-state index < -0.39 is 0 Å². The summed E-state index contributed by atoms with van der Waals surface area (Å²) in [4.78, 5) is 8.86. The molecule has 0 spiro atoms. The second kappa shape index (κ2) is 4.42. The van der Waals surface area contributed by atoms with E-state index in [-0.39, 0.29) is 0 Å². The van der Waals surface area contributed by atoms with Crippen molar-refractivity contribution < 1.29 is 0 Å². The Balaban J connectivity index is 1.81. The summed E-state index contributed by atoms with van der Waals surface area (Å²) in [6.45, 7) is 0.627. The van der Waals surface area contributed by atoms with Crippen molar-refractivity contribution in [3.8, 4) is 0 Å². The SMILES string of the molecule is c1ccc2nc(CNc3cnns3)cnc2c1. The van der Waals surface area contributed by atoms with E-state index >= 15 is 0 Å². The number of anilines is 1. The third kappa shape index (κ3) is 2.21. The summed E-state index contributed by atoms with van der Waals surface area (Å²) in [7, 11) is 0. The molecule has 0 aliphatic heterocycles. The average Bonchev–Trinajstić information content (AvgIpc) is 2.89. The molecule has 17 heavy (non-hydrogen) atoms. The number of nitrogens with zero attached hydrogens (tertiary/aromatic N) is 4. The number of para-hydroxylation sites is 2. The van der Waals surface area contributed by atoms with Gasteiger partial charge in [-0.1, -0.05) is 16.6 Å². The van der Waals surface area contributed by atoms with E-state index in [1.165, 1.54) is 11.5 Å². The molecule has 3 aromatic rings. The van der Waals surface area contributed by atoms with Gasteiger partial charge in [0, 0.05) is 11.5 Å². The van der Waals surface area contributed by atoms with Crippen LogP contribution in [0.3, 0.4) is 0 Å². The molecule has 0 aliphatic carbocycles. The highest BCUT2D eigenvalue weighted by Gasteiger charge is 2.00. The number of rotatable bonds is 3. The maximum atomic E-state index is 4.51. The van der Waals surface area contributed by atoms with E-state index in [2.05, 4.69) is 24.9 Å². The van der Waals surface area contributed by atoms with Crippen LogP contribution in [0.15, 0.2) is 36.7 Å². The molecule has 1 N–H and O–H groups in total. The van der Waals surface area contributed by atoms with Crippen LogP contribution in [0.1, 0.15) is 5.69 Å². The standard InChI is InChI=1S/C11H9N5S/c1-2-4-10-9(3-1)12-5-8(15-10)6-13-11-7-14-16-17-11/h1-5,7,13H,6H2. The summed E-state index contributed by atoms with van der Waals surface area (Å²) in [6.07, 6.45) is 3.48. The van der Waals surface area contributed by atoms with Gasteiger partial charge in [0.15, 0.2) is 0 Å². The van der Waals surface area contributed by atoms with Gasteiger partial charge in [-0.15, -0.1) is 5.10 Å². The highest BCUT2D eigenvalue weighted by Crippen LogP contribution is 2.12. The number of fused-ring (bicyclic) bond motifs is 1. The molecule has 0 bridgehead atoms. The predicted octanol–water partition coefficient (Wildman–Crippen LogP) is 2.09. The Labute approximate surface area is 102 Å². The van der Waals surface area contributed by atoms with Crippen LogP contribution in [0.4, 0.5) is 5.00 Å². The predicted molar refractivity (Wildman–Crippen MR) is 66.8 cm³/mol. The van der Waals surface area contributed by atoms with Crippen LogP contribution in [0.2, 0.25) is 0 Å². The van der Waals surface area contributed by atoms with E-state index in [0.717, 1.165) is 21.7 Å². The summed E-state index contributed by atoms with van der Waals surface area (Å²) >= 11 is 1.33. The minimum atomic E-state index is 0.627. The Hall–Kier alpha value is -2.08. The van der Waals surface area contributed by atoms with Crippen LogP contribution in [0.25, 0.3) is 11.0 Å². The zero-order valence-electron chi connectivity index (χ0n) is 8.87. The Bertz CT molecular complexity index is 623. The summed E-state index contributed by atoms with van der Waals surface area (Å²) in [6, 6.07) is 7.83. The maximum Gasteiger partial charge on any atom is 0.130 e. The van der Waals surface area contributed by atoms with Crippen LogP contribution >= 0.6 is 11.5 Å². The lowest BCUT2D eigenvalue weighted by atomic mass is 10.3. The summed E-state index contributed by atoms with van der Waals surface area (Å²) in [5.41, 5.74) is 2.72. The molecule has 0 amide bonds. The van der Waals surface area contributed by atoms with Crippen molar-refractivity contribution in [2.24, 2.45) is 0 Å². The minimum Gasteiger partial charge on any atom is -0.369 e. The smallest absolute Gasteiger partial charge is 0.130 e. The summed E-state index contributed by atoms with van der Waals surface area (Å²) < 4.78 is 3.78. The van der Waals surface area contributed by atoms with E-state index in [0.29, 0.717) is 6.54 Å². The van der Waals surface area contributed by atoms with Gasteiger partial charge in [0.05, 0.1) is 35.7 Å². The molecule has 84 valence electrons. The van der Waals surface area contributed by atoms with Gasteiger partial charge in [-0.2, -0.15) is 0 Å². The maximum absolute atomic E-state index is 4.51. The van der Waals surface area contributed by atoms with Crippen molar-refractivity contribution in [3.05, 3.63) is 42.4 Å². The highest BCUT2D eigenvalue weighted by atomic mass is 32.1. The molecule has 3 rings (SSSR count). The van der Waals surface area contributed by atoms with E-state index in [1.54, 1.807) is 12.4 Å². The number of aromatic nitrogens is 4. The van der Waals surface area contributed by atoms with Crippen molar-refractivity contribution in [3.63, 3.8) is 0 Å². The number of hydrogen-bond donors (Lipinski definition) is 1. The third-order valence-corrected chi connectivity index (χ3v) is 2.93. The van der Waals surface area contributed by atoms with Crippen LogP contribution in [-0.2, 0) is 6.54 Å². The first kappa shape index (κ1) is 10.1. The fraction of sp³-hybridized carbons (Fsp3) is 0.0909. The van der Waals surface area contributed by atoms with Crippen molar-refractivity contribution >= 4 is 27.6 Å². The van der Waals surface area contributed by atoms with Gasteiger partial charge in [0.1, 0.15) is 5.00 Å². The Morgan fingerprint density at radius 2 is 2.00 bits per heavy atom. The number of hydrogen-bond acceptors (Lipinski definition) is 6. The fourth-order valence-corrected chi connectivity index (χ4v) is 1.92. The van der Waals surface area contributed by atoms with Crippen LogP contribution < -0.4 is 5.32 Å². The molecule has 1 aromatic carbocycles. The molecular formula is C11H9N5S. The van der Waals surface area contributed by atoms with Crippen LogP contribution in [-0.4, -0.2) is 19.6 Å². The van der Waals surface area contributed by atoms with Gasteiger partial charge >= 0.3 is 0 Å². The van der Waals surface area contributed by atoms with Crippen molar-refractivity contribution in [2.75, 3.05) is 5.32 Å². The quantitative estimate of drug-likeness (QED) is 0.763. The zero-order chi connectivity index (χ0) is 11.5. The van der Waals surface area contributed by atoms with Gasteiger partial charge in [-0.25, -0.2) is 4.98 Å². The molecule has 0 atom stereocenters. The lowest BCUT2D eigenvalue weighted by Crippen LogP contribution is -2.01. The molecule has 2 aromatic heterocycles. The van der Waals surface area contributed by atoms with E-state index in [1.807, 2.05) is 24.3 Å². The normalized spacial score (nSPS) is 10.6. The van der Waals surface area contributed by atoms with Crippen molar-refractivity contribution in [1.29, 1.82) is 0 Å². The molecule has 2 heterocycles.